The van der Waals surface area contributed by atoms with Crippen LogP contribution in [0.15, 0.2) is 47.6 Å². The van der Waals surface area contributed by atoms with Crippen LogP contribution in [0.2, 0.25) is 5.02 Å². The van der Waals surface area contributed by atoms with Crippen LogP contribution in [0.5, 0.6) is 11.5 Å². The summed E-state index contributed by atoms with van der Waals surface area (Å²) in [5.41, 5.74) is 1.31. The Bertz CT molecular complexity index is 966. The number of ether oxygens (including phenoxy) is 2. The molecule has 0 spiro atoms. The number of methoxy groups -OCH3 is 2. The van der Waals surface area contributed by atoms with Gasteiger partial charge in [0.15, 0.2) is 0 Å². The van der Waals surface area contributed by atoms with Crippen LogP contribution in [0, 0.1) is 0 Å². The largest absolute Gasteiger partial charge is 0.497 e. The molecule has 0 radical (unpaired) electrons. The van der Waals surface area contributed by atoms with Gasteiger partial charge < -0.3 is 14.8 Å². The maximum atomic E-state index is 12.1. The molecule has 1 N–H and O–H groups in total. The molecule has 8 nitrogen and oxygen atoms in total. The van der Waals surface area contributed by atoms with Gasteiger partial charge in [0.05, 0.1) is 14.2 Å². The Morgan fingerprint density at radius 1 is 1.21 bits per heavy atom. The summed E-state index contributed by atoms with van der Waals surface area (Å²) in [5.74, 6) is 1.64. The number of tetrazole rings is 1. The van der Waals surface area contributed by atoms with Gasteiger partial charge >= 0.3 is 0 Å². The highest BCUT2D eigenvalue weighted by Gasteiger charge is 2.15. The zero-order valence-electron chi connectivity index (χ0n) is 15.3. The molecular weight excluding hydrogens is 402 g/mol. The monoisotopic (exact) mass is 419 g/mol. The van der Waals surface area contributed by atoms with E-state index in [1.807, 2.05) is 0 Å². The molecule has 0 atom stereocenters. The van der Waals surface area contributed by atoms with E-state index in [0.29, 0.717) is 45.2 Å². The molecule has 0 aliphatic carbocycles. The summed E-state index contributed by atoms with van der Waals surface area (Å²) in [5, 5.41) is 15.7. The number of thioether (sulfide) groups is 1. The lowest BCUT2D eigenvalue weighted by Crippen LogP contribution is -2.12. The zero-order chi connectivity index (χ0) is 19.9. The van der Waals surface area contributed by atoms with Crippen molar-refractivity contribution in [2.24, 2.45) is 0 Å². The summed E-state index contributed by atoms with van der Waals surface area (Å²) in [6.45, 7) is 0. The van der Waals surface area contributed by atoms with E-state index in [9.17, 15) is 4.79 Å². The third kappa shape index (κ3) is 4.93. The summed E-state index contributed by atoms with van der Waals surface area (Å²) >= 11 is 7.29. The molecule has 0 aliphatic rings. The number of carbonyl (C=O) groups is 1. The fourth-order valence-electron chi connectivity index (χ4n) is 2.41. The summed E-state index contributed by atoms with van der Waals surface area (Å²) in [6.07, 6.45) is 0.291. The highest BCUT2D eigenvalue weighted by atomic mass is 35.5. The number of amides is 1. The Hall–Kier alpha value is -2.78. The third-order valence-corrected chi connectivity index (χ3v) is 4.88. The molecule has 28 heavy (non-hydrogen) atoms. The molecule has 1 aromatic heterocycles. The van der Waals surface area contributed by atoms with Gasteiger partial charge in [-0.1, -0.05) is 29.4 Å². The van der Waals surface area contributed by atoms with Crippen LogP contribution >= 0.6 is 23.4 Å². The molecule has 3 rings (SSSR count). The maximum absolute atomic E-state index is 12.1. The molecule has 0 saturated heterocycles. The van der Waals surface area contributed by atoms with Crippen LogP contribution in [-0.2, 0) is 4.79 Å². The Balaban J connectivity index is 1.64. The molecule has 0 fully saturated rings. The predicted octanol–water partition coefficient (Wildman–Crippen LogP) is 3.45. The predicted molar refractivity (Wildman–Crippen MR) is 108 cm³/mol. The minimum atomic E-state index is -0.118. The average Bonchev–Trinajstić information content (AvgIpc) is 3.15. The number of rotatable bonds is 8. The van der Waals surface area contributed by atoms with Gasteiger partial charge in [-0.2, -0.15) is 4.68 Å². The smallest absolute Gasteiger partial charge is 0.225 e. The van der Waals surface area contributed by atoms with Crippen molar-refractivity contribution in [1.29, 1.82) is 0 Å². The van der Waals surface area contributed by atoms with Gasteiger partial charge in [-0.15, -0.1) is 5.10 Å². The van der Waals surface area contributed by atoms with Gasteiger partial charge in [-0.3, -0.25) is 4.79 Å². The second kappa shape index (κ2) is 9.43. The molecule has 1 heterocycles. The van der Waals surface area contributed by atoms with E-state index < -0.39 is 0 Å². The Morgan fingerprint density at radius 2 is 2.07 bits per heavy atom. The van der Waals surface area contributed by atoms with E-state index in [0.717, 1.165) is 0 Å². The quantitative estimate of drug-likeness (QED) is 0.559. The molecule has 0 aliphatic heterocycles. The minimum absolute atomic E-state index is 0.118. The van der Waals surface area contributed by atoms with E-state index in [1.54, 1.807) is 61.4 Å². The van der Waals surface area contributed by atoms with Crippen molar-refractivity contribution >= 4 is 35.0 Å². The second-order valence-corrected chi connectivity index (χ2v) is 7.07. The van der Waals surface area contributed by atoms with Crippen molar-refractivity contribution in [2.75, 3.05) is 25.3 Å². The fourth-order valence-corrected chi connectivity index (χ4v) is 3.42. The van der Waals surface area contributed by atoms with Crippen molar-refractivity contribution in [3.63, 3.8) is 0 Å². The first-order chi connectivity index (χ1) is 13.6. The molecule has 0 unspecified atom stereocenters. The van der Waals surface area contributed by atoms with E-state index >= 15 is 0 Å². The fraction of sp³-hybridized carbons (Fsp3) is 0.222. The first-order valence-corrected chi connectivity index (χ1v) is 9.66. The normalized spacial score (nSPS) is 10.5. The molecule has 0 bridgehead atoms. The maximum Gasteiger partial charge on any atom is 0.225 e. The van der Waals surface area contributed by atoms with E-state index in [4.69, 9.17) is 21.1 Å². The summed E-state index contributed by atoms with van der Waals surface area (Å²) < 4.78 is 12.2. The van der Waals surface area contributed by atoms with Crippen LogP contribution in [0.1, 0.15) is 6.42 Å². The molecule has 10 heteroatoms. The van der Waals surface area contributed by atoms with Gasteiger partial charge in [0.1, 0.15) is 17.2 Å². The third-order valence-electron chi connectivity index (χ3n) is 3.72. The molecule has 3 aromatic rings. The number of benzene rings is 2. The molecule has 146 valence electrons. The topological polar surface area (TPSA) is 91.2 Å². The van der Waals surface area contributed by atoms with Crippen LogP contribution < -0.4 is 14.8 Å². The van der Waals surface area contributed by atoms with E-state index in [2.05, 4.69) is 20.8 Å². The Labute approximate surface area is 171 Å². The number of hydrogen-bond acceptors (Lipinski definition) is 7. The molecule has 2 aromatic carbocycles. The number of nitrogens with zero attached hydrogens (tertiary/aromatic N) is 4. The summed E-state index contributed by atoms with van der Waals surface area (Å²) in [6, 6.07) is 12.4. The lowest BCUT2D eigenvalue weighted by atomic mass is 10.3. The van der Waals surface area contributed by atoms with Crippen LogP contribution in [0.3, 0.4) is 0 Å². The van der Waals surface area contributed by atoms with Gasteiger partial charge in [0.2, 0.25) is 11.1 Å². The number of carbonyl (C=O) groups excluding carboxylic acids is 1. The molecule has 1 amide bonds. The van der Waals surface area contributed by atoms with Crippen molar-refractivity contribution < 1.29 is 14.3 Å². The van der Waals surface area contributed by atoms with Gasteiger partial charge in [-0.05, 0) is 40.8 Å². The van der Waals surface area contributed by atoms with Crippen molar-refractivity contribution in [2.45, 2.75) is 11.6 Å². The van der Waals surface area contributed by atoms with Crippen LogP contribution in [0.25, 0.3) is 5.69 Å². The average molecular weight is 420 g/mol. The lowest BCUT2D eigenvalue weighted by Gasteiger charge is -2.11. The van der Waals surface area contributed by atoms with Crippen molar-refractivity contribution in [1.82, 2.24) is 20.2 Å². The van der Waals surface area contributed by atoms with E-state index in [-0.39, 0.29) is 5.91 Å². The minimum Gasteiger partial charge on any atom is -0.497 e. The van der Waals surface area contributed by atoms with Crippen LogP contribution in [0.4, 0.5) is 5.69 Å². The zero-order valence-corrected chi connectivity index (χ0v) is 16.8. The number of aromatic nitrogens is 4. The number of halogens is 1. The van der Waals surface area contributed by atoms with Crippen LogP contribution in [-0.4, -0.2) is 46.1 Å². The van der Waals surface area contributed by atoms with Gasteiger partial charge in [0, 0.05) is 29.0 Å². The highest BCUT2D eigenvalue weighted by Crippen LogP contribution is 2.29. The number of nitrogens with one attached hydrogen (secondary N) is 1. The second-order valence-electron chi connectivity index (χ2n) is 5.57. The summed E-state index contributed by atoms with van der Waals surface area (Å²) in [4.78, 5) is 12.1. The Morgan fingerprint density at radius 3 is 2.82 bits per heavy atom. The SMILES string of the molecule is COc1ccc(OC)c(-n2nnnc2SCCC(=O)Nc2cccc(Cl)c2)c1. The van der Waals surface area contributed by atoms with Gasteiger partial charge in [-0.25, -0.2) is 0 Å². The highest BCUT2D eigenvalue weighted by molar-refractivity contribution is 7.99. The number of anilines is 1. The van der Waals surface area contributed by atoms with Gasteiger partial charge in [0.25, 0.3) is 0 Å². The molecular formula is C18H18ClN5O3S. The van der Waals surface area contributed by atoms with E-state index in [1.165, 1.54) is 11.8 Å². The molecule has 0 saturated carbocycles. The first-order valence-electron chi connectivity index (χ1n) is 8.29. The standard InChI is InChI=1S/C18H18ClN5O3S/c1-26-14-6-7-16(27-2)15(11-14)24-18(21-22-23-24)28-9-8-17(25)20-13-5-3-4-12(19)10-13/h3-7,10-11H,8-9H2,1-2H3,(H,20,25). The lowest BCUT2D eigenvalue weighted by molar-refractivity contribution is -0.115. The summed E-state index contributed by atoms with van der Waals surface area (Å²) in [7, 11) is 3.15. The number of hydrogen-bond donors (Lipinski definition) is 1. The Kier molecular flexibility index (Phi) is 6.72. The van der Waals surface area contributed by atoms with Crippen molar-refractivity contribution in [3.05, 3.63) is 47.5 Å². The van der Waals surface area contributed by atoms with Crippen molar-refractivity contribution in [3.8, 4) is 17.2 Å². The first kappa shape index (κ1) is 20.0.